The van der Waals surface area contributed by atoms with Gasteiger partial charge in [-0.3, -0.25) is 0 Å². The average Bonchev–Trinajstić information content (AvgIpc) is 2.35. The van der Waals surface area contributed by atoms with Gasteiger partial charge in [0.15, 0.2) is 6.29 Å². The van der Waals surface area contributed by atoms with Crippen molar-refractivity contribution in [2.75, 3.05) is 19.8 Å². The first-order valence-corrected chi connectivity index (χ1v) is 7.02. The average molecular weight is 266 g/mol. The van der Waals surface area contributed by atoms with Crippen LogP contribution in [0.1, 0.15) is 37.0 Å². The van der Waals surface area contributed by atoms with Crippen LogP contribution in [0.2, 0.25) is 0 Å². The van der Waals surface area contributed by atoms with Crippen molar-refractivity contribution in [1.29, 1.82) is 0 Å². The first kappa shape index (κ1) is 16.0. The monoisotopic (exact) mass is 266 g/mol. The third-order valence-electron chi connectivity index (χ3n) is 3.08. The van der Waals surface area contributed by atoms with E-state index in [0.717, 1.165) is 12.2 Å². The van der Waals surface area contributed by atoms with Gasteiger partial charge in [-0.2, -0.15) is 0 Å². The molecule has 0 bridgehead atoms. The lowest BCUT2D eigenvalue weighted by molar-refractivity contribution is -0.142. The minimum absolute atomic E-state index is 0.166. The standard InChI is InChI=1S/C16H26O3/c1-6-17-16(18-7-2)8-9-19-15-11-12(3)10-13(4)14(15)5/h10-11,16H,6-9H2,1-5H3. The molecule has 0 aliphatic carbocycles. The van der Waals surface area contributed by atoms with Crippen LogP contribution in [0.15, 0.2) is 12.1 Å². The van der Waals surface area contributed by atoms with Crippen LogP contribution in [0.25, 0.3) is 0 Å². The predicted molar refractivity (Wildman–Crippen MR) is 77.8 cm³/mol. The highest BCUT2D eigenvalue weighted by Crippen LogP contribution is 2.23. The fourth-order valence-electron chi connectivity index (χ4n) is 2.00. The van der Waals surface area contributed by atoms with Gasteiger partial charge in [0.05, 0.1) is 6.61 Å². The number of ether oxygens (including phenoxy) is 3. The van der Waals surface area contributed by atoms with Gasteiger partial charge in [0.1, 0.15) is 5.75 Å². The first-order chi connectivity index (χ1) is 9.08. The van der Waals surface area contributed by atoms with Crippen LogP contribution in [0.3, 0.4) is 0 Å². The van der Waals surface area contributed by atoms with Gasteiger partial charge < -0.3 is 14.2 Å². The summed E-state index contributed by atoms with van der Waals surface area (Å²) in [6, 6.07) is 4.25. The van der Waals surface area contributed by atoms with Crippen LogP contribution >= 0.6 is 0 Å². The summed E-state index contributed by atoms with van der Waals surface area (Å²) in [5.41, 5.74) is 3.69. The molecule has 108 valence electrons. The molecule has 0 unspecified atom stereocenters. The van der Waals surface area contributed by atoms with E-state index < -0.39 is 0 Å². The molecule has 0 aliphatic heterocycles. The maximum Gasteiger partial charge on any atom is 0.160 e. The molecule has 0 atom stereocenters. The molecular formula is C16H26O3. The molecule has 0 N–H and O–H groups in total. The summed E-state index contributed by atoms with van der Waals surface area (Å²) in [5, 5.41) is 0. The molecule has 0 fully saturated rings. The number of hydrogen-bond acceptors (Lipinski definition) is 3. The summed E-state index contributed by atoms with van der Waals surface area (Å²) < 4.78 is 16.9. The zero-order valence-corrected chi connectivity index (χ0v) is 12.8. The zero-order valence-electron chi connectivity index (χ0n) is 12.8. The highest BCUT2D eigenvalue weighted by Gasteiger charge is 2.09. The Morgan fingerprint density at radius 3 is 2.21 bits per heavy atom. The molecule has 1 rings (SSSR count). The molecule has 0 spiro atoms. The van der Waals surface area contributed by atoms with Gasteiger partial charge in [-0.05, 0) is 57.4 Å². The fraction of sp³-hybridized carbons (Fsp3) is 0.625. The van der Waals surface area contributed by atoms with E-state index in [1.165, 1.54) is 16.7 Å². The Labute approximate surface area is 116 Å². The summed E-state index contributed by atoms with van der Waals surface area (Å²) in [5.74, 6) is 0.962. The summed E-state index contributed by atoms with van der Waals surface area (Å²) in [7, 11) is 0. The number of aryl methyl sites for hydroxylation is 2. The van der Waals surface area contributed by atoms with E-state index in [1.807, 2.05) is 13.8 Å². The smallest absolute Gasteiger partial charge is 0.160 e. The Kier molecular flexibility index (Phi) is 6.89. The second-order valence-electron chi connectivity index (χ2n) is 4.68. The van der Waals surface area contributed by atoms with Crippen molar-refractivity contribution >= 4 is 0 Å². The molecule has 3 nitrogen and oxygen atoms in total. The van der Waals surface area contributed by atoms with Gasteiger partial charge in [-0.15, -0.1) is 0 Å². The zero-order chi connectivity index (χ0) is 14.3. The molecule has 3 heteroatoms. The second kappa shape index (κ2) is 8.18. The Morgan fingerprint density at radius 2 is 1.63 bits per heavy atom. The molecule has 0 saturated heterocycles. The van der Waals surface area contributed by atoms with Crippen LogP contribution in [0, 0.1) is 20.8 Å². The SMILES string of the molecule is CCOC(CCOc1cc(C)cc(C)c1C)OCC. The molecule has 0 saturated carbocycles. The van der Waals surface area contributed by atoms with Gasteiger partial charge >= 0.3 is 0 Å². The summed E-state index contributed by atoms with van der Waals surface area (Å²) >= 11 is 0. The third-order valence-corrected chi connectivity index (χ3v) is 3.08. The predicted octanol–water partition coefficient (Wildman–Crippen LogP) is 3.78. The number of benzene rings is 1. The molecule has 0 amide bonds. The Morgan fingerprint density at radius 1 is 1.00 bits per heavy atom. The van der Waals surface area contributed by atoms with Gasteiger partial charge in [-0.25, -0.2) is 0 Å². The summed E-state index contributed by atoms with van der Waals surface area (Å²) in [6.45, 7) is 12.2. The quantitative estimate of drug-likeness (QED) is 0.670. The van der Waals surface area contributed by atoms with Crippen molar-refractivity contribution in [2.24, 2.45) is 0 Å². The maximum atomic E-state index is 5.86. The fourth-order valence-corrected chi connectivity index (χ4v) is 2.00. The molecule has 1 aromatic rings. The van der Waals surface area contributed by atoms with Crippen LogP contribution in [-0.2, 0) is 9.47 Å². The van der Waals surface area contributed by atoms with E-state index >= 15 is 0 Å². The van der Waals surface area contributed by atoms with Crippen molar-refractivity contribution < 1.29 is 14.2 Å². The van der Waals surface area contributed by atoms with E-state index in [4.69, 9.17) is 14.2 Å². The third kappa shape index (κ3) is 5.21. The van der Waals surface area contributed by atoms with Gasteiger partial charge in [0.2, 0.25) is 0 Å². The number of hydrogen-bond donors (Lipinski definition) is 0. The minimum Gasteiger partial charge on any atom is -0.493 e. The van der Waals surface area contributed by atoms with E-state index in [2.05, 4.69) is 32.9 Å². The van der Waals surface area contributed by atoms with Crippen LogP contribution in [0.5, 0.6) is 5.75 Å². The Hall–Kier alpha value is -1.06. The highest BCUT2D eigenvalue weighted by atomic mass is 16.7. The molecule has 0 radical (unpaired) electrons. The van der Waals surface area contributed by atoms with E-state index in [1.54, 1.807) is 0 Å². The van der Waals surface area contributed by atoms with Crippen LogP contribution in [0.4, 0.5) is 0 Å². The van der Waals surface area contributed by atoms with E-state index in [-0.39, 0.29) is 6.29 Å². The van der Waals surface area contributed by atoms with E-state index in [0.29, 0.717) is 19.8 Å². The van der Waals surface area contributed by atoms with Crippen molar-refractivity contribution in [3.63, 3.8) is 0 Å². The lowest BCUT2D eigenvalue weighted by Crippen LogP contribution is -2.20. The van der Waals surface area contributed by atoms with Crippen LogP contribution < -0.4 is 4.74 Å². The molecule has 0 aliphatic rings. The lowest BCUT2D eigenvalue weighted by Gasteiger charge is -2.18. The maximum absolute atomic E-state index is 5.86. The van der Waals surface area contributed by atoms with Crippen molar-refractivity contribution in [2.45, 2.75) is 47.3 Å². The Bertz CT molecular complexity index is 382. The van der Waals surface area contributed by atoms with Crippen molar-refractivity contribution in [3.05, 3.63) is 28.8 Å². The van der Waals surface area contributed by atoms with Gasteiger partial charge in [0.25, 0.3) is 0 Å². The highest BCUT2D eigenvalue weighted by molar-refractivity contribution is 5.41. The van der Waals surface area contributed by atoms with Gasteiger partial charge in [0, 0.05) is 19.6 Å². The second-order valence-corrected chi connectivity index (χ2v) is 4.68. The van der Waals surface area contributed by atoms with Crippen molar-refractivity contribution in [3.8, 4) is 5.75 Å². The topological polar surface area (TPSA) is 27.7 Å². The molecule has 0 heterocycles. The molecule has 19 heavy (non-hydrogen) atoms. The van der Waals surface area contributed by atoms with E-state index in [9.17, 15) is 0 Å². The Balaban J connectivity index is 2.52. The summed E-state index contributed by atoms with van der Waals surface area (Å²) in [4.78, 5) is 0. The van der Waals surface area contributed by atoms with Crippen molar-refractivity contribution in [1.82, 2.24) is 0 Å². The lowest BCUT2D eigenvalue weighted by atomic mass is 10.1. The molecule has 0 aromatic heterocycles. The summed E-state index contributed by atoms with van der Waals surface area (Å²) in [6.07, 6.45) is 0.579. The van der Waals surface area contributed by atoms with Gasteiger partial charge in [-0.1, -0.05) is 6.07 Å². The first-order valence-electron chi connectivity index (χ1n) is 7.02. The molecule has 1 aromatic carbocycles. The molecular weight excluding hydrogens is 240 g/mol. The largest absolute Gasteiger partial charge is 0.493 e. The van der Waals surface area contributed by atoms with Crippen LogP contribution in [-0.4, -0.2) is 26.1 Å². The number of rotatable bonds is 8. The minimum atomic E-state index is -0.166. The normalized spacial score (nSPS) is 11.1.